The summed E-state index contributed by atoms with van der Waals surface area (Å²) in [5.41, 5.74) is 10.9. The summed E-state index contributed by atoms with van der Waals surface area (Å²) < 4.78 is 4.91. The molecule has 0 saturated carbocycles. The summed E-state index contributed by atoms with van der Waals surface area (Å²) in [5, 5.41) is 11.1. The van der Waals surface area contributed by atoms with Crippen LogP contribution in [0.15, 0.2) is 168 Å². The summed E-state index contributed by atoms with van der Waals surface area (Å²) in [5.74, 6) is 0. The summed E-state index contributed by atoms with van der Waals surface area (Å²) >= 11 is 3.67. The van der Waals surface area contributed by atoms with Crippen molar-refractivity contribution in [2.75, 3.05) is 0 Å². The van der Waals surface area contributed by atoms with E-state index in [-0.39, 0.29) is 0 Å². The molecule has 254 valence electrons. The molecule has 0 radical (unpaired) electrons. The van der Waals surface area contributed by atoms with Crippen molar-refractivity contribution in [3.05, 3.63) is 158 Å². The van der Waals surface area contributed by atoms with Gasteiger partial charge in [-0.1, -0.05) is 121 Å². The Kier molecular flexibility index (Phi) is 5.95. The highest BCUT2D eigenvalue weighted by molar-refractivity contribution is 8.00. The molecule has 4 nitrogen and oxygen atoms in total. The summed E-state index contributed by atoms with van der Waals surface area (Å²) in [4.78, 5) is 17.3. The Morgan fingerprint density at radius 3 is 2.13 bits per heavy atom. The van der Waals surface area contributed by atoms with Gasteiger partial charge < -0.3 is 0 Å². The number of aromatic nitrogens is 4. The van der Waals surface area contributed by atoms with Gasteiger partial charge in [0.25, 0.3) is 0 Å². The number of hydrogen-bond acceptors (Lipinski definition) is 5. The van der Waals surface area contributed by atoms with Crippen molar-refractivity contribution in [1.29, 1.82) is 0 Å². The van der Waals surface area contributed by atoms with Crippen LogP contribution in [0, 0.1) is 0 Å². The molecule has 13 rings (SSSR count). The Morgan fingerprint density at radius 1 is 0.491 bits per heavy atom. The van der Waals surface area contributed by atoms with E-state index in [1.807, 2.05) is 23.1 Å². The van der Waals surface area contributed by atoms with Gasteiger partial charge in [0, 0.05) is 36.2 Å². The predicted molar refractivity (Wildman–Crippen MR) is 232 cm³/mol. The number of pyridine rings is 1. The number of rotatable bonds is 2. The van der Waals surface area contributed by atoms with E-state index in [1.165, 1.54) is 79.0 Å². The average molecular weight is 735 g/mol. The van der Waals surface area contributed by atoms with Crippen LogP contribution in [0.3, 0.4) is 0 Å². The lowest BCUT2D eigenvalue weighted by molar-refractivity contribution is 1.19. The monoisotopic (exact) mass is 734 g/mol. The molecule has 0 spiro atoms. The van der Waals surface area contributed by atoms with Gasteiger partial charge in [-0.25, -0.2) is 15.0 Å². The van der Waals surface area contributed by atoms with Crippen LogP contribution >= 0.6 is 23.1 Å². The van der Waals surface area contributed by atoms with Gasteiger partial charge in [0.2, 0.25) is 0 Å². The maximum Gasteiger partial charge on any atom is 0.156 e. The summed E-state index contributed by atoms with van der Waals surface area (Å²) in [6.07, 6.45) is 1.68. The molecule has 0 N–H and O–H groups in total. The van der Waals surface area contributed by atoms with E-state index in [0.717, 1.165) is 44.5 Å². The highest BCUT2D eigenvalue weighted by Crippen LogP contribution is 2.50. The quantitative estimate of drug-likeness (QED) is 0.166. The normalized spacial score (nSPS) is 12.7. The van der Waals surface area contributed by atoms with Crippen molar-refractivity contribution in [1.82, 2.24) is 19.4 Å². The van der Waals surface area contributed by atoms with Crippen LogP contribution in [0.25, 0.3) is 114 Å². The highest BCUT2D eigenvalue weighted by Gasteiger charge is 2.24. The van der Waals surface area contributed by atoms with Crippen LogP contribution in [0.5, 0.6) is 0 Å². The van der Waals surface area contributed by atoms with Gasteiger partial charge in [-0.15, -0.1) is 11.3 Å². The first-order chi connectivity index (χ1) is 27.2. The fraction of sp³-hybridized carbons (Fsp3) is 0. The van der Waals surface area contributed by atoms with Crippen molar-refractivity contribution >= 4 is 103 Å². The van der Waals surface area contributed by atoms with Crippen LogP contribution in [-0.4, -0.2) is 19.4 Å². The highest BCUT2D eigenvalue weighted by atomic mass is 32.2. The zero-order valence-corrected chi connectivity index (χ0v) is 30.7. The average Bonchev–Trinajstić information content (AvgIpc) is 3.81. The minimum absolute atomic E-state index is 0.973. The molecule has 12 aromatic rings. The fourth-order valence-electron chi connectivity index (χ4n) is 8.82. The van der Waals surface area contributed by atoms with Crippen LogP contribution in [0.1, 0.15) is 0 Å². The molecule has 4 aromatic heterocycles. The largest absolute Gasteiger partial charge is 0.291 e. The van der Waals surface area contributed by atoms with Crippen molar-refractivity contribution in [2.24, 2.45) is 0 Å². The number of thiophene rings is 1. The van der Waals surface area contributed by atoms with Crippen molar-refractivity contribution in [3.8, 4) is 33.6 Å². The molecule has 6 heteroatoms. The molecule has 5 heterocycles. The lowest BCUT2D eigenvalue weighted by atomic mass is 9.98. The Hall–Kier alpha value is -6.60. The molecular formula is C49H26N4S2. The molecule has 0 fully saturated rings. The standard InChI is InChI=1S/C49H26N4S2/c1-2-9-31-22-33-24-42-40(23-32(33)21-30(31)8-1)52-49-48-38(36-18-17-27-7-3-4-10-34(27)46(36)55-48)25-41(53(42)49)29-15-13-28(14-16-29)35-19-20-39-44-45(51-26-50-39)37-11-5-6-12-43(37)54-47(35)44/h1-26H. The predicted octanol–water partition coefficient (Wildman–Crippen LogP) is 13.7. The maximum atomic E-state index is 5.44. The van der Waals surface area contributed by atoms with Crippen molar-refractivity contribution in [2.45, 2.75) is 9.79 Å². The maximum absolute atomic E-state index is 5.44. The van der Waals surface area contributed by atoms with Gasteiger partial charge in [-0.05, 0) is 91.5 Å². The van der Waals surface area contributed by atoms with Crippen molar-refractivity contribution < 1.29 is 0 Å². The van der Waals surface area contributed by atoms with E-state index >= 15 is 0 Å². The number of hydrogen-bond donors (Lipinski definition) is 0. The van der Waals surface area contributed by atoms with Gasteiger partial charge in [-0.2, -0.15) is 0 Å². The third-order valence-corrected chi connectivity index (χ3v) is 13.9. The summed E-state index contributed by atoms with van der Waals surface area (Å²) in [7, 11) is 0. The zero-order chi connectivity index (χ0) is 35.8. The number of benzene rings is 8. The summed E-state index contributed by atoms with van der Waals surface area (Å²) in [6.45, 7) is 0. The minimum atomic E-state index is 0.973. The molecule has 0 atom stereocenters. The molecule has 55 heavy (non-hydrogen) atoms. The number of fused-ring (bicyclic) bond motifs is 13. The molecule has 0 unspecified atom stereocenters. The van der Waals surface area contributed by atoms with Gasteiger partial charge in [0.15, 0.2) is 5.65 Å². The minimum Gasteiger partial charge on any atom is -0.291 e. The van der Waals surface area contributed by atoms with E-state index in [0.29, 0.717) is 0 Å². The van der Waals surface area contributed by atoms with Gasteiger partial charge in [0.05, 0.1) is 32.6 Å². The molecule has 0 saturated heterocycles. The van der Waals surface area contributed by atoms with Crippen molar-refractivity contribution in [3.63, 3.8) is 0 Å². The van der Waals surface area contributed by atoms with Crippen LogP contribution in [0.4, 0.5) is 0 Å². The first kappa shape index (κ1) is 29.8. The molecule has 0 bridgehead atoms. The third-order valence-electron chi connectivity index (χ3n) is 11.4. The fourth-order valence-corrected chi connectivity index (χ4v) is 11.4. The zero-order valence-electron chi connectivity index (χ0n) is 29.1. The lowest BCUT2D eigenvalue weighted by Crippen LogP contribution is -1.98. The Labute approximate surface area is 322 Å². The van der Waals surface area contributed by atoms with E-state index in [1.54, 1.807) is 6.33 Å². The first-order valence-electron chi connectivity index (χ1n) is 18.4. The Bertz CT molecular complexity index is 3640. The Morgan fingerprint density at radius 2 is 1.25 bits per heavy atom. The second-order valence-electron chi connectivity index (χ2n) is 14.4. The second kappa shape index (κ2) is 11.0. The number of nitrogens with zero attached hydrogens (tertiary/aromatic N) is 4. The smallest absolute Gasteiger partial charge is 0.156 e. The Balaban J connectivity index is 1.06. The molecule has 8 aromatic carbocycles. The molecule has 1 aliphatic heterocycles. The van der Waals surface area contributed by atoms with Crippen LogP contribution < -0.4 is 0 Å². The first-order valence-corrected chi connectivity index (χ1v) is 20.0. The van der Waals surface area contributed by atoms with Gasteiger partial charge in [-0.3, -0.25) is 4.40 Å². The second-order valence-corrected chi connectivity index (χ2v) is 16.5. The van der Waals surface area contributed by atoms with E-state index in [9.17, 15) is 0 Å². The van der Waals surface area contributed by atoms with Crippen LogP contribution in [0.2, 0.25) is 0 Å². The molecule has 1 aliphatic rings. The van der Waals surface area contributed by atoms with E-state index in [4.69, 9.17) is 9.97 Å². The molecule has 0 aliphatic carbocycles. The third kappa shape index (κ3) is 4.21. The lowest BCUT2D eigenvalue weighted by Gasteiger charge is -2.21. The van der Waals surface area contributed by atoms with E-state index < -0.39 is 0 Å². The molecule has 0 amide bonds. The van der Waals surface area contributed by atoms with Crippen LogP contribution in [-0.2, 0) is 0 Å². The van der Waals surface area contributed by atoms with E-state index in [2.05, 4.69) is 161 Å². The number of imidazole rings is 1. The SMILES string of the molecule is c1ccc2c(c1)Sc1c(-c3ccc(-c4cc5c6ccc7ccccc7c6sc5c5nc6cc7cc8ccccc8cc7cc6n45)cc3)ccc3ncnc-2c13. The summed E-state index contributed by atoms with van der Waals surface area (Å²) in [6, 6.07) is 55.5. The van der Waals surface area contributed by atoms with Gasteiger partial charge in [0.1, 0.15) is 6.33 Å². The van der Waals surface area contributed by atoms with Gasteiger partial charge >= 0.3 is 0 Å². The topological polar surface area (TPSA) is 43.1 Å². The molecular weight excluding hydrogens is 709 g/mol.